The molecule has 0 aliphatic rings. The Hall–Kier alpha value is -0.160. The molecule has 0 amide bonds. The van der Waals surface area contributed by atoms with Gasteiger partial charge in [-0.15, -0.1) is 0 Å². The van der Waals surface area contributed by atoms with E-state index < -0.39 is 5.97 Å². The first-order valence-corrected chi connectivity index (χ1v) is 11.3. The molecule has 0 saturated heterocycles. The molecule has 0 rings (SSSR count). The van der Waals surface area contributed by atoms with Gasteiger partial charge in [0.25, 0.3) is 5.97 Å². The van der Waals surface area contributed by atoms with Crippen molar-refractivity contribution in [3.63, 3.8) is 0 Å². The van der Waals surface area contributed by atoms with Crippen LogP contribution in [0.25, 0.3) is 0 Å². The molecule has 0 N–H and O–H groups in total. The van der Waals surface area contributed by atoms with E-state index in [-0.39, 0.29) is 24.2 Å². The van der Waals surface area contributed by atoms with Crippen LogP contribution in [0.5, 0.6) is 0 Å². The summed E-state index contributed by atoms with van der Waals surface area (Å²) in [6, 6.07) is 0. The fourth-order valence-corrected chi connectivity index (χ4v) is 3.50. The second-order valence-corrected chi connectivity index (χ2v) is 8.49. The largest absolute Gasteiger partial charge is 0.385 e. The summed E-state index contributed by atoms with van der Waals surface area (Å²) < 4.78 is 24.4. The van der Waals surface area contributed by atoms with Crippen molar-refractivity contribution in [1.29, 1.82) is 0 Å². The van der Waals surface area contributed by atoms with Crippen LogP contribution >= 0.6 is 0 Å². The lowest BCUT2D eigenvalue weighted by atomic mass is 9.92. The van der Waals surface area contributed by atoms with Gasteiger partial charge in [-0.1, -0.05) is 45.4 Å². The third-order valence-corrected chi connectivity index (χ3v) is 4.51. The van der Waals surface area contributed by atoms with Gasteiger partial charge in [-0.3, -0.25) is 0 Å². The molecule has 0 aromatic heterocycles. The van der Waals surface area contributed by atoms with Gasteiger partial charge in [0.05, 0.1) is 18.3 Å². The summed E-state index contributed by atoms with van der Waals surface area (Å²) in [5.74, 6) is -0.778. The average Bonchev–Trinajstić information content (AvgIpc) is 2.54. The first-order valence-electron chi connectivity index (χ1n) is 11.3. The minimum absolute atomic E-state index is 0.0389. The number of rotatable bonds is 18. The molecule has 0 saturated carbocycles. The first-order chi connectivity index (χ1) is 12.8. The molecule has 4 nitrogen and oxygen atoms in total. The molecule has 4 heteroatoms. The molecular formula is C23H48O4. The second kappa shape index (κ2) is 15.7. The molecule has 0 aromatic carbocycles. The number of hydrogen-bond donors (Lipinski definition) is 0. The van der Waals surface area contributed by atoms with Crippen molar-refractivity contribution in [2.75, 3.05) is 13.7 Å². The maximum atomic E-state index is 6.36. The van der Waals surface area contributed by atoms with E-state index in [9.17, 15) is 0 Å². The van der Waals surface area contributed by atoms with Crippen molar-refractivity contribution < 1.29 is 18.9 Å². The van der Waals surface area contributed by atoms with Crippen LogP contribution < -0.4 is 0 Å². The number of hydrogen-bond acceptors (Lipinski definition) is 4. The molecule has 164 valence electrons. The van der Waals surface area contributed by atoms with Crippen LogP contribution in [0.4, 0.5) is 0 Å². The van der Waals surface area contributed by atoms with Crippen molar-refractivity contribution >= 4 is 0 Å². The molecule has 0 heterocycles. The number of ether oxygens (including phenoxy) is 4. The highest BCUT2D eigenvalue weighted by molar-refractivity contribution is 4.75. The molecule has 0 radical (unpaired) electrons. The molecule has 0 fully saturated rings. The summed E-state index contributed by atoms with van der Waals surface area (Å²) in [7, 11) is 1.76. The Morgan fingerprint density at radius 1 is 0.630 bits per heavy atom. The minimum atomic E-state index is -0.979. The van der Waals surface area contributed by atoms with Gasteiger partial charge in [0.1, 0.15) is 0 Å². The highest BCUT2D eigenvalue weighted by Gasteiger charge is 2.44. The van der Waals surface area contributed by atoms with Gasteiger partial charge in [0.15, 0.2) is 0 Å². The zero-order valence-corrected chi connectivity index (χ0v) is 19.5. The summed E-state index contributed by atoms with van der Waals surface area (Å²) in [6.45, 7) is 15.3. The summed E-state index contributed by atoms with van der Waals surface area (Å²) in [5.41, 5.74) is 0. The maximum Gasteiger partial charge on any atom is 0.286 e. The zero-order chi connectivity index (χ0) is 20.7. The molecule has 0 aromatic rings. The monoisotopic (exact) mass is 388 g/mol. The lowest BCUT2D eigenvalue weighted by Crippen LogP contribution is -2.51. The summed E-state index contributed by atoms with van der Waals surface area (Å²) in [6.07, 6.45) is 10.9. The summed E-state index contributed by atoms with van der Waals surface area (Å²) >= 11 is 0. The van der Waals surface area contributed by atoms with Gasteiger partial charge in [0, 0.05) is 19.6 Å². The van der Waals surface area contributed by atoms with E-state index in [0.29, 0.717) is 0 Å². The third-order valence-electron chi connectivity index (χ3n) is 4.51. The Balaban J connectivity index is 5.24. The van der Waals surface area contributed by atoms with E-state index in [4.69, 9.17) is 18.9 Å². The lowest BCUT2D eigenvalue weighted by Gasteiger charge is -2.43. The van der Waals surface area contributed by atoms with Gasteiger partial charge in [0.2, 0.25) is 0 Å². The molecule has 0 bridgehead atoms. The van der Waals surface area contributed by atoms with Gasteiger partial charge in [-0.05, 0) is 60.8 Å². The maximum absolute atomic E-state index is 6.36. The Labute approximate surface area is 169 Å². The average molecular weight is 389 g/mol. The smallest absolute Gasteiger partial charge is 0.286 e. The van der Waals surface area contributed by atoms with E-state index in [2.05, 4.69) is 48.5 Å². The van der Waals surface area contributed by atoms with Gasteiger partial charge in [-0.25, -0.2) is 0 Å². The Kier molecular flexibility index (Phi) is 15.6. The van der Waals surface area contributed by atoms with Gasteiger partial charge >= 0.3 is 0 Å². The highest BCUT2D eigenvalue weighted by Crippen LogP contribution is 2.37. The van der Waals surface area contributed by atoms with Gasteiger partial charge in [-0.2, -0.15) is 0 Å². The highest BCUT2D eigenvalue weighted by atomic mass is 16.9. The molecule has 0 spiro atoms. The van der Waals surface area contributed by atoms with Gasteiger partial charge < -0.3 is 18.9 Å². The van der Waals surface area contributed by atoms with Crippen LogP contribution in [0, 0.1) is 5.92 Å². The molecule has 0 aliphatic heterocycles. The topological polar surface area (TPSA) is 36.9 Å². The SMILES string of the molecule is CCCCCCCCC(CCCOC)C(OC(C)C)(OC(C)C)OC(C)C. The van der Waals surface area contributed by atoms with E-state index in [1.165, 1.54) is 38.5 Å². The van der Waals surface area contributed by atoms with Crippen molar-refractivity contribution in [1.82, 2.24) is 0 Å². The minimum Gasteiger partial charge on any atom is -0.385 e. The third kappa shape index (κ3) is 12.8. The van der Waals surface area contributed by atoms with Crippen LogP contribution in [0.3, 0.4) is 0 Å². The molecule has 27 heavy (non-hydrogen) atoms. The van der Waals surface area contributed by atoms with Crippen molar-refractivity contribution in [2.24, 2.45) is 5.92 Å². The van der Waals surface area contributed by atoms with Crippen molar-refractivity contribution in [3.8, 4) is 0 Å². The van der Waals surface area contributed by atoms with Crippen LogP contribution in [-0.2, 0) is 18.9 Å². The van der Waals surface area contributed by atoms with Crippen LogP contribution in [0.2, 0.25) is 0 Å². The predicted molar refractivity (Wildman–Crippen MR) is 114 cm³/mol. The number of methoxy groups -OCH3 is 1. The Bertz CT molecular complexity index is 302. The molecule has 1 atom stereocenters. The predicted octanol–water partition coefficient (Wildman–Crippen LogP) is 6.71. The standard InChI is InChI=1S/C23H48O4/c1-9-10-11-12-13-14-16-22(17-15-18-24-8)23(25-19(2)3,26-20(4)5)27-21(6)7/h19-22H,9-18H2,1-8H3. The molecule has 1 unspecified atom stereocenters. The van der Waals surface area contributed by atoms with E-state index >= 15 is 0 Å². The summed E-state index contributed by atoms with van der Waals surface area (Å²) in [4.78, 5) is 0. The van der Waals surface area contributed by atoms with E-state index in [0.717, 1.165) is 25.9 Å². The quantitative estimate of drug-likeness (QED) is 0.193. The normalized spacial score (nSPS) is 13.9. The molecular weight excluding hydrogens is 340 g/mol. The van der Waals surface area contributed by atoms with Crippen molar-refractivity contribution in [3.05, 3.63) is 0 Å². The van der Waals surface area contributed by atoms with Crippen LogP contribution in [-0.4, -0.2) is 38.0 Å². The zero-order valence-electron chi connectivity index (χ0n) is 19.5. The fraction of sp³-hybridized carbons (Fsp3) is 1.00. The van der Waals surface area contributed by atoms with Crippen molar-refractivity contribution in [2.45, 2.75) is 131 Å². The second-order valence-electron chi connectivity index (χ2n) is 8.49. The lowest BCUT2D eigenvalue weighted by molar-refractivity contribution is -0.433. The van der Waals surface area contributed by atoms with E-state index in [1.807, 2.05) is 0 Å². The fourth-order valence-electron chi connectivity index (χ4n) is 3.50. The Morgan fingerprint density at radius 2 is 1.07 bits per heavy atom. The van der Waals surface area contributed by atoms with Crippen LogP contribution in [0.1, 0.15) is 106 Å². The molecule has 0 aliphatic carbocycles. The van der Waals surface area contributed by atoms with Crippen LogP contribution in [0.15, 0.2) is 0 Å². The van der Waals surface area contributed by atoms with E-state index in [1.54, 1.807) is 7.11 Å². The summed E-state index contributed by atoms with van der Waals surface area (Å²) in [5, 5.41) is 0. The first kappa shape index (κ1) is 26.8. The Morgan fingerprint density at radius 3 is 1.52 bits per heavy atom. The number of unbranched alkanes of at least 4 members (excludes halogenated alkanes) is 5.